The molecule has 2 heterocycles. The number of aryl methyl sites for hydroxylation is 1. The molecule has 0 saturated heterocycles. The molecule has 0 saturated carbocycles. The van der Waals surface area contributed by atoms with Gasteiger partial charge in [-0.2, -0.15) is 0 Å². The minimum absolute atomic E-state index is 0.346. The Hall–Kier alpha value is -3.35. The quantitative estimate of drug-likeness (QED) is 0.767. The fraction of sp³-hybridized carbons (Fsp3) is 0.167. The van der Waals surface area contributed by atoms with E-state index in [0.717, 1.165) is 0 Å². The average Bonchev–Trinajstić information content (AvgIpc) is 3.04. The van der Waals surface area contributed by atoms with Crippen LogP contribution in [0.2, 0.25) is 0 Å². The zero-order chi connectivity index (χ0) is 17.8. The third-order valence-electron chi connectivity index (χ3n) is 3.68. The molecule has 2 aromatic heterocycles. The minimum atomic E-state index is -0.346. The maximum atomic E-state index is 12.8. The standard InChI is InChI=1S/C18H17N3O4/c1-11-16(17(21-25-11)12-5-4-8-19-10-12)18(22)20-14-7-6-13(23-2)9-15(14)24-3/h4-10H,1-3H3,(H,20,22). The summed E-state index contributed by atoms with van der Waals surface area (Å²) < 4.78 is 15.7. The van der Waals surface area contributed by atoms with E-state index in [2.05, 4.69) is 15.5 Å². The zero-order valence-corrected chi connectivity index (χ0v) is 14.1. The van der Waals surface area contributed by atoms with Crippen molar-refractivity contribution in [1.82, 2.24) is 10.1 Å². The van der Waals surface area contributed by atoms with Crippen molar-refractivity contribution >= 4 is 11.6 Å². The van der Waals surface area contributed by atoms with Crippen molar-refractivity contribution in [2.24, 2.45) is 0 Å². The number of aromatic nitrogens is 2. The van der Waals surface area contributed by atoms with Gasteiger partial charge in [-0.15, -0.1) is 0 Å². The van der Waals surface area contributed by atoms with Crippen LogP contribution in [0.5, 0.6) is 11.5 Å². The molecule has 25 heavy (non-hydrogen) atoms. The van der Waals surface area contributed by atoms with Crippen LogP contribution < -0.4 is 14.8 Å². The summed E-state index contributed by atoms with van der Waals surface area (Å²) in [4.78, 5) is 16.8. The highest BCUT2D eigenvalue weighted by molar-refractivity contribution is 6.09. The number of carbonyl (C=O) groups excluding carboxylic acids is 1. The van der Waals surface area contributed by atoms with Crippen LogP contribution in [0.15, 0.2) is 47.2 Å². The largest absolute Gasteiger partial charge is 0.497 e. The normalized spacial score (nSPS) is 10.4. The Morgan fingerprint density at radius 3 is 2.72 bits per heavy atom. The van der Waals surface area contributed by atoms with Gasteiger partial charge in [0.25, 0.3) is 5.91 Å². The summed E-state index contributed by atoms with van der Waals surface area (Å²) in [6, 6.07) is 8.73. The van der Waals surface area contributed by atoms with Gasteiger partial charge in [-0.05, 0) is 31.2 Å². The van der Waals surface area contributed by atoms with E-state index >= 15 is 0 Å². The molecule has 1 N–H and O–H groups in total. The van der Waals surface area contributed by atoms with Crippen LogP contribution in [-0.2, 0) is 0 Å². The Balaban J connectivity index is 1.94. The van der Waals surface area contributed by atoms with E-state index in [0.29, 0.717) is 39.8 Å². The van der Waals surface area contributed by atoms with Crippen molar-refractivity contribution in [3.05, 3.63) is 54.0 Å². The molecule has 0 unspecified atom stereocenters. The third kappa shape index (κ3) is 3.30. The fourth-order valence-electron chi connectivity index (χ4n) is 2.43. The van der Waals surface area contributed by atoms with E-state index in [9.17, 15) is 4.79 Å². The number of pyridine rings is 1. The second-order valence-electron chi connectivity index (χ2n) is 5.22. The predicted molar refractivity (Wildman–Crippen MR) is 92.0 cm³/mol. The molecule has 1 aromatic carbocycles. The molecule has 0 aliphatic heterocycles. The van der Waals surface area contributed by atoms with Gasteiger partial charge in [-0.1, -0.05) is 5.16 Å². The lowest BCUT2D eigenvalue weighted by atomic mass is 10.1. The SMILES string of the molecule is COc1ccc(NC(=O)c2c(-c3cccnc3)noc2C)c(OC)c1. The van der Waals surface area contributed by atoms with Crippen molar-refractivity contribution in [3.63, 3.8) is 0 Å². The van der Waals surface area contributed by atoms with E-state index < -0.39 is 0 Å². The lowest BCUT2D eigenvalue weighted by Crippen LogP contribution is -2.14. The van der Waals surface area contributed by atoms with Gasteiger partial charge in [0.15, 0.2) is 0 Å². The van der Waals surface area contributed by atoms with Crippen LogP contribution >= 0.6 is 0 Å². The average molecular weight is 339 g/mol. The molecule has 0 bridgehead atoms. The first kappa shape index (κ1) is 16.5. The second-order valence-corrected chi connectivity index (χ2v) is 5.22. The molecule has 0 aliphatic rings. The second kappa shape index (κ2) is 7.04. The first-order chi connectivity index (χ1) is 12.1. The molecule has 3 rings (SSSR count). The molecule has 0 aliphatic carbocycles. The Morgan fingerprint density at radius 1 is 1.20 bits per heavy atom. The Morgan fingerprint density at radius 2 is 2.04 bits per heavy atom. The topological polar surface area (TPSA) is 86.5 Å². The van der Waals surface area contributed by atoms with E-state index in [-0.39, 0.29) is 5.91 Å². The zero-order valence-electron chi connectivity index (χ0n) is 14.1. The molecule has 0 radical (unpaired) electrons. The van der Waals surface area contributed by atoms with Gasteiger partial charge in [-0.25, -0.2) is 0 Å². The molecule has 7 nitrogen and oxygen atoms in total. The van der Waals surface area contributed by atoms with Crippen LogP contribution in [-0.4, -0.2) is 30.3 Å². The number of carbonyl (C=O) groups is 1. The molecule has 0 fully saturated rings. The summed E-state index contributed by atoms with van der Waals surface area (Å²) in [6.07, 6.45) is 3.28. The molecule has 7 heteroatoms. The van der Waals surface area contributed by atoms with Crippen LogP contribution in [0.25, 0.3) is 11.3 Å². The number of nitrogens with zero attached hydrogens (tertiary/aromatic N) is 2. The number of amides is 1. The summed E-state index contributed by atoms with van der Waals surface area (Å²) in [5.74, 6) is 1.20. The molecule has 128 valence electrons. The Labute approximate surface area is 144 Å². The number of hydrogen-bond donors (Lipinski definition) is 1. The van der Waals surface area contributed by atoms with Crippen molar-refractivity contribution in [3.8, 4) is 22.8 Å². The van der Waals surface area contributed by atoms with Crippen molar-refractivity contribution < 1.29 is 18.8 Å². The highest BCUT2D eigenvalue weighted by Gasteiger charge is 2.22. The van der Waals surface area contributed by atoms with E-state index in [4.69, 9.17) is 14.0 Å². The number of ether oxygens (including phenoxy) is 2. The number of nitrogens with one attached hydrogen (secondary N) is 1. The van der Waals surface area contributed by atoms with Gasteiger partial charge >= 0.3 is 0 Å². The van der Waals surface area contributed by atoms with Crippen LogP contribution in [0, 0.1) is 6.92 Å². The monoisotopic (exact) mass is 339 g/mol. The van der Waals surface area contributed by atoms with Crippen molar-refractivity contribution in [2.45, 2.75) is 6.92 Å². The summed E-state index contributed by atoms with van der Waals surface area (Å²) in [7, 11) is 3.09. The van der Waals surface area contributed by atoms with Gasteiger partial charge in [0.1, 0.15) is 28.5 Å². The van der Waals surface area contributed by atoms with E-state index in [1.54, 1.807) is 50.7 Å². The Kier molecular flexibility index (Phi) is 4.65. The molecular formula is C18H17N3O4. The van der Waals surface area contributed by atoms with Gasteiger partial charge in [0.2, 0.25) is 0 Å². The number of rotatable bonds is 5. The highest BCUT2D eigenvalue weighted by atomic mass is 16.5. The van der Waals surface area contributed by atoms with Gasteiger partial charge in [0.05, 0.1) is 19.9 Å². The molecular weight excluding hydrogens is 322 g/mol. The minimum Gasteiger partial charge on any atom is -0.497 e. The highest BCUT2D eigenvalue weighted by Crippen LogP contribution is 2.31. The molecule has 0 spiro atoms. The third-order valence-corrected chi connectivity index (χ3v) is 3.68. The predicted octanol–water partition coefficient (Wildman–Crippen LogP) is 3.31. The smallest absolute Gasteiger partial charge is 0.261 e. The first-order valence-electron chi connectivity index (χ1n) is 7.54. The number of methoxy groups -OCH3 is 2. The maximum Gasteiger partial charge on any atom is 0.261 e. The lowest BCUT2D eigenvalue weighted by Gasteiger charge is -2.11. The van der Waals surface area contributed by atoms with E-state index in [1.807, 2.05) is 6.07 Å². The number of benzene rings is 1. The van der Waals surface area contributed by atoms with Crippen LogP contribution in [0.1, 0.15) is 16.1 Å². The van der Waals surface area contributed by atoms with E-state index in [1.165, 1.54) is 7.11 Å². The molecule has 3 aromatic rings. The van der Waals surface area contributed by atoms with Crippen LogP contribution in [0.3, 0.4) is 0 Å². The number of hydrogen-bond acceptors (Lipinski definition) is 6. The van der Waals surface area contributed by atoms with Gasteiger partial charge in [-0.3, -0.25) is 9.78 Å². The van der Waals surface area contributed by atoms with Crippen LogP contribution in [0.4, 0.5) is 5.69 Å². The Bertz CT molecular complexity index is 891. The summed E-state index contributed by atoms with van der Waals surface area (Å²) >= 11 is 0. The van der Waals surface area contributed by atoms with Crippen molar-refractivity contribution in [1.29, 1.82) is 0 Å². The maximum absolute atomic E-state index is 12.8. The molecule has 0 atom stereocenters. The van der Waals surface area contributed by atoms with Gasteiger partial charge in [0, 0.05) is 24.0 Å². The summed E-state index contributed by atoms with van der Waals surface area (Å²) in [5.41, 5.74) is 2.01. The first-order valence-corrected chi connectivity index (χ1v) is 7.54. The summed E-state index contributed by atoms with van der Waals surface area (Å²) in [5, 5.41) is 6.82. The van der Waals surface area contributed by atoms with Crippen molar-refractivity contribution in [2.75, 3.05) is 19.5 Å². The number of anilines is 1. The summed E-state index contributed by atoms with van der Waals surface area (Å²) in [6.45, 7) is 1.69. The van der Waals surface area contributed by atoms with Gasteiger partial charge < -0.3 is 19.3 Å². The molecule has 1 amide bonds. The lowest BCUT2D eigenvalue weighted by molar-refractivity contribution is 0.102. The fourth-order valence-corrected chi connectivity index (χ4v) is 2.43.